The van der Waals surface area contributed by atoms with E-state index in [1.54, 1.807) is 20.8 Å². The van der Waals surface area contributed by atoms with E-state index in [9.17, 15) is 23.8 Å². The third-order valence-electron chi connectivity index (χ3n) is 3.56. The van der Waals surface area contributed by atoms with Crippen LogP contribution in [-0.2, 0) is 4.74 Å². The molecule has 0 radical (unpaired) electrons. The van der Waals surface area contributed by atoms with Crippen molar-refractivity contribution in [3.05, 3.63) is 0 Å². The molecule has 2 aliphatic rings. The third kappa shape index (κ3) is 2.29. The standard InChI is InChI=1S/C12H19F2NO4/c1-11(2,3)19-10(16)15-6-4-5-7(15)9(14)12(17,18)8(6)13/h6-9,17-18H,4-5H2,1-3H3/t6-,7+,8?,9?. The van der Waals surface area contributed by atoms with Gasteiger partial charge in [0.1, 0.15) is 5.60 Å². The van der Waals surface area contributed by atoms with Gasteiger partial charge in [-0.1, -0.05) is 0 Å². The van der Waals surface area contributed by atoms with E-state index in [1.165, 1.54) is 0 Å². The summed E-state index contributed by atoms with van der Waals surface area (Å²) in [6.07, 6.45) is -4.92. The van der Waals surface area contributed by atoms with E-state index >= 15 is 0 Å². The molecule has 0 spiro atoms. The molecular weight excluding hydrogens is 260 g/mol. The predicted octanol–water partition coefficient (Wildman–Crippen LogP) is 1.13. The molecule has 4 atom stereocenters. The normalized spacial score (nSPS) is 37.3. The Morgan fingerprint density at radius 1 is 1.21 bits per heavy atom. The number of carbonyl (C=O) groups is 1. The van der Waals surface area contributed by atoms with Gasteiger partial charge in [0.15, 0.2) is 12.3 Å². The van der Waals surface area contributed by atoms with Crippen molar-refractivity contribution < 1.29 is 28.5 Å². The maximum atomic E-state index is 14.0. The number of nitrogens with zero attached hydrogens (tertiary/aromatic N) is 1. The van der Waals surface area contributed by atoms with Crippen LogP contribution in [0.2, 0.25) is 0 Å². The first-order chi connectivity index (χ1) is 8.55. The van der Waals surface area contributed by atoms with Crippen molar-refractivity contribution in [2.45, 2.75) is 69.4 Å². The highest BCUT2D eigenvalue weighted by Crippen LogP contribution is 2.43. The molecule has 0 aromatic rings. The molecule has 2 heterocycles. The Labute approximate surface area is 110 Å². The van der Waals surface area contributed by atoms with Crippen molar-refractivity contribution >= 4 is 6.09 Å². The van der Waals surface area contributed by atoms with E-state index in [4.69, 9.17) is 4.74 Å². The molecule has 0 saturated carbocycles. The van der Waals surface area contributed by atoms with E-state index in [2.05, 4.69) is 0 Å². The topological polar surface area (TPSA) is 70.0 Å². The second-order valence-electron chi connectivity index (χ2n) is 6.19. The second kappa shape index (κ2) is 4.28. The van der Waals surface area contributed by atoms with Gasteiger partial charge in [-0.15, -0.1) is 0 Å². The number of piperidine rings is 1. The first kappa shape index (κ1) is 14.5. The molecule has 110 valence electrons. The molecule has 19 heavy (non-hydrogen) atoms. The number of rotatable bonds is 0. The number of carbonyl (C=O) groups excluding carboxylic acids is 1. The Hall–Kier alpha value is -0.950. The molecule has 0 aromatic heterocycles. The molecule has 2 bridgehead atoms. The molecule has 2 aliphatic heterocycles. The van der Waals surface area contributed by atoms with Crippen LogP contribution in [0.25, 0.3) is 0 Å². The first-order valence-corrected chi connectivity index (χ1v) is 6.30. The number of hydrogen-bond acceptors (Lipinski definition) is 4. The number of aliphatic hydroxyl groups is 2. The summed E-state index contributed by atoms with van der Waals surface area (Å²) in [7, 11) is 0. The van der Waals surface area contributed by atoms with E-state index < -0.39 is 41.9 Å². The fourth-order valence-corrected chi connectivity index (χ4v) is 2.74. The molecule has 2 unspecified atom stereocenters. The maximum Gasteiger partial charge on any atom is 0.410 e. The largest absolute Gasteiger partial charge is 0.444 e. The van der Waals surface area contributed by atoms with Crippen LogP contribution >= 0.6 is 0 Å². The van der Waals surface area contributed by atoms with Gasteiger partial charge in [0.25, 0.3) is 0 Å². The number of hydrogen-bond donors (Lipinski definition) is 2. The van der Waals surface area contributed by atoms with E-state index in [0.717, 1.165) is 4.90 Å². The molecule has 2 N–H and O–H groups in total. The number of fused-ring (bicyclic) bond motifs is 2. The van der Waals surface area contributed by atoms with Crippen LogP contribution in [0.15, 0.2) is 0 Å². The lowest BCUT2D eigenvalue weighted by Gasteiger charge is -2.45. The van der Waals surface area contributed by atoms with Gasteiger partial charge in [-0.05, 0) is 33.6 Å². The van der Waals surface area contributed by atoms with Crippen LogP contribution in [0.5, 0.6) is 0 Å². The fourth-order valence-electron chi connectivity index (χ4n) is 2.74. The molecule has 2 saturated heterocycles. The molecule has 2 rings (SSSR count). The van der Waals surface area contributed by atoms with Crippen LogP contribution in [-0.4, -0.2) is 57.0 Å². The third-order valence-corrected chi connectivity index (χ3v) is 3.56. The minimum Gasteiger partial charge on any atom is -0.444 e. The van der Waals surface area contributed by atoms with Gasteiger partial charge in [0, 0.05) is 0 Å². The zero-order valence-electron chi connectivity index (χ0n) is 11.1. The molecular formula is C12H19F2NO4. The summed E-state index contributed by atoms with van der Waals surface area (Å²) in [5, 5.41) is 18.9. The monoisotopic (exact) mass is 279 g/mol. The number of alkyl halides is 2. The Kier molecular flexibility index (Phi) is 3.25. The summed E-state index contributed by atoms with van der Waals surface area (Å²) in [6.45, 7) is 4.96. The maximum absolute atomic E-state index is 14.0. The summed E-state index contributed by atoms with van der Waals surface area (Å²) in [6, 6.07) is -2.11. The van der Waals surface area contributed by atoms with Crippen molar-refractivity contribution in [3.8, 4) is 0 Å². The number of halogens is 2. The highest BCUT2D eigenvalue weighted by molar-refractivity contribution is 5.70. The van der Waals surface area contributed by atoms with Crippen molar-refractivity contribution in [1.29, 1.82) is 0 Å². The van der Waals surface area contributed by atoms with Crippen molar-refractivity contribution in [3.63, 3.8) is 0 Å². The molecule has 2 fully saturated rings. The lowest BCUT2D eigenvalue weighted by Crippen LogP contribution is -2.67. The second-order valence-corrected chi connectivity index (χ2v) is 6.19. The highest BCUT2D eigenvalue weighted by Gasteiger charge is 2.63. The van der Waals surface area contributed by atoms with Gasteiger partial charge in [0.2, 0.25) is 5.79 Å². The molecule has 0 aromatic carbocycles. The Morgan fingerprint density at radius 2 is 1.63 bits per heavy atom. The molecule has 5 nitrogen and oxygen atoms in total. The molecule has 1 amide bonds. The average Bonchev–Trinajstić information content (AvgIpc) is 2.64. The van der Waals surface area contributed by atoms with Crippen LogP contribution < -0.4 is 0 Å². The smallest absolute Gasteiger partial charge is 0.410 e. The highest BCUT2D eigenvalue weighted by atomic mass is 19.1. The number of amides is 1. The van der Waals surface area contributed by atoms with Crippen molar-refractivity contribution in [2.24, 2.45) is 0 Å². The Morgan fingerprint density at radius 3 is 2.00 bits per heavy atom. The van der Waals surface area contributed by atoms with Crippen LogP contribution in [0.4, 0.5) is 13.6 Å². The summed E-state index contributed by atoms with van der Waals surface area (Å²) in [5.41, 5.74) is -0.777. The summed E-state index contributed by atoms with van der Waals surface area (Å²) < 4.78 is 33.0. The van der Waals surface area contributed by atoms with Crippen molar-refractivity contribution in [2.75, 3.05) is 0 Å². The number of ether oxygens (including phenoxy) is 1. The van der Waals surface area contributed by atoms with Crippen LogP contribution in [0, 0.1) is 0 Å². The van der Waals surface area contributed by atoms with E-state index in [0.29, 0.717) is 0 Å². The Balaban J connectivity index is 2.23. The summed E-state index contributed by atoms with van der Waals surface area (Å²) in [5.74, 6) is -3.04. The average molecular weight is 279 g/mol. The van der Waals surface area contributed by atoms with Gasteiger partial charge < -0.3 is 14.9 Å². The van der Waals surface area contributed by atoms with E-state index in [-0.39, 0.29) is 12.8 Å². The van der Waals surface area contributed by atoms with Gasteiger partial charge in [-0.2, -0.15) is 0 Å². The van der Waals surface area contributed by atoms with Gasteiger partial charge in [0.05, 0.1) is 12.1 Å². The van der Waals surface area contributed by atoms with Gasteiger partial charge in [-0.3, -0.25) is 4.90 Å². The minimum atomic E-state index is -3.04. The molecule has 7 heteroatoms. The minimum absolute atomic E-state index is 0.189. The lowest BCUT2D eigenvalue weighted by atomic mass is 9.93. The lowest BCUT2D eigenvalue weighted by molar-refractivity contribution is -0.276. The van der Waals surface area contributed by atoms with Crippen molar-refractivity contribution in [1.82, 2.24) is 4.90 Å². The van der Waals surface area contributed by atoms with Crippen LogP contribution in [0.3, 0.4) is 0 Å². The summed E-state index contributed by atoms with van der Waals surface area (Å²) in [4.78, 5) is 13.0. The predicted molar refractivity (Wildman–Crippen MR) is 61.8 cm³/mol. The Bertz CT molecular complexity index is 362. The zero-order valence-corrected chi connectivity index (χ0v) is 11.1. The zero-order chi connectivity index (χ0) is 14.6. The SMILES string of the molecule is CC(C)(C)OC(=O)N1[C@@H]2CC[C@H]1C(F)C(O)(O)C2F. The van der Waals surface area contributed by atoms with Gasteiger partial charge in [-0.25, -0.2) is 13.6 Å². The van der Waals surface area contributed by atoms with E-state index in [1.807, 2.05) is 0 Å². The quantitative estimate of drug-likeness (QED) is 0.652. The first-order valence-electron chi connectivity index (χ1n) is 6.30. The molecule has 0 aliphatic carbocycles. The summed E-state index contributed by atoms with van der Waals surface area (Å²) >= 11 is 0. The van der Waals surface area contributed by atoms with Crippen LogP contribution in [0.1, 0.15) is 33.6 Å². The fraction of sp³-hybridized carbons (Fsp3) is 0.917. The van der Waals surface area contributed by atoms with Gasteiger partial charge >= 0.3 is 6.09 Å².